The van der Waals surface area contributed by atoms with E-state index in [1.54, 1.807) is 62.6 Å². The molecule has 0 atom stereocenters. The van der Waals surface area contributed by atoms with E-state index in [4.69, 9.17) is 0 Å². The van der Waals surface area contributed by atoms with Crippen molar-refractivity contribution in [3.63, 3.8) is 0 Å². The summed E-state index contributed by atoms with van der Waals surface area (Å²) >= 11 is 0. The van der Waals surface area contributed by atoms with E-state index in [1.807, 2.05) is 32.9 Å². The summed E-state index contributed by atoms with van der Waals surface area (Å²) in [5.74, 6) is -0.498. The summed E-state index contributed by atoms with van der Waals surface area (Å²) in [4.78, 5) is 25.5. The third-order valence-corrected chi connectivity index (χ3v) is 7.86. The number of nitrogens with zero attached hydrogens (tertiary/aromatic N) is 3. The third kappa shape index (κ3) is 4.59. The minimum atomic E-state index is -4.02. The molecule has 0 spiro atoms. The highest BCUT2D eigenvalue weighted by molar-refractivity contribution is 7.92. The van der Waals surface area contributed by atoms with Crippen LogP contribution in [0.25, 0.3) is 11.0 Å². The molecular formula is C26H28N4O4S. The van der Waals surface area contributed by atoms with Gasteiger partial charge in [0.25, 0.3) is 10.0 Å². The maximum atomic E-state index is 13.7. The van der Waals surface area contributed by atoms with Gasteiger partial charge in [0.15, 0.2) is 0 Å². The summed E-state index contributed by atoms with van der Waals surface area (Å²) < 4.78 is 31.5. The number of hydrogen-bond acceptors (Lipinski definition) is 4. The van der Waals surface area contributed by atoms with Gasteiger partial charge in [-0.1, -0.05) is 29.8 Å². The predicted molar refractivity (Wildman–Crippen MR) is 138 cm³/mol. The molecule has 0 unspecified atom stereocenters. The number of carbonyl (C=O) groups is 1. The zero-order valence-electron chi connectivity index (χ0n) is 20.4. The van der Waals surface area contributed by atoms with Crippen LogP contribution < -0.4 is 15.3 Å². The maximum absolute atomic E-state index is 13.7. The van der Waals surface area contributed by atoms with E-state index in [9.17, 15) is 18.0 Å². The van der Waals surface area contributed by atoms with Crippen molar-refractivity contribution in [2.24, 2.45) is 14.1 Å². The van der Waals surface area contributed by atoms with Crippen LogP contribution in [-0.4, -0.2) is 30.0 Å². The molecule has 0 saturated heterocycles. The summed E-state index contributed by atoms with van der Waals surface area (Å²) in [5.41, 5.74) is 4.69. The summed E-state index contributed by atoms with van der Waals surface area (Å²) in [5, 5.41) is 2.79. The zero-order chi connectivity index (χ0) is 25.5. The fraction of sp³-hybridized carbons (Fsp3) is 0.231. The smallest absolute Gasteiger partial charge is 0.324 e. The number of hydrogen-bond donors (Lipinski definition) is 1. The molecule has 1 N–H and O–H groups in total. The first-order chi connectivity index (χ1) is 16.5. The van der Waals surface area contributed by atoms with Crippen molar-refractivity contribution in [1.29, 1.82) is 0 Å². The number of amides is 1. The predicted octanol–water partition coefficient (Wildman–Crippen LogP) is 3.64. The molecule has 1 heterocycles. The second kappa shape index (κ2) is 9.07. The van der Waals surface area contributed by atoms with Crippen LogP contribution in [0.4, 0.5) is 11.4 Å². The molecule has 3 aromatic carbocycles. The van der Waals surface area contributed by atoms with Gasteiger partial charge in [-0.25, -0.2) is 13.2 Å². The third-order valence-electron chi connectivity index (χ3n) is 6.09. The molecule has 0 bridgehead atoms. The van der Waals surface area contributed by atoms with Gasteiger partial charge in [-0.3, -0.25) is 18.2 Å². The fourth-order valence-electron chi connectivity index (χ4n) is 4.04. The van der Waals surface area contributed by atoms with Crippen LogP contribution in [0.2, 0.25) is 0 Å². The van der Waals surface area contributed by atoms with E-state index in [2.05, 4.69) is 5.32 Å². The van der Waals surface area contributed by atoms with Gasteiger partial charge in [0.1, 0.15) is 6.54 Å². The second-order valence-electron chi connectivity index (χ2n) is 8.77. The standard InChI is InChI=1S/C26H28N4O4S/c1-17-7-11-21(12-8-17)35(33,34)30(23-14-18(2)6-9-19(23)3)16-25(31)27-20-10-13-22-24(15-20)29(5)26(32)28(22)4/h6-15H,16H2,1-5H3,(H,27,31). The van der Waals surface area contributed by atoms with Gasteiger partial charge < -0.3 is 5.32 Å². The number of aromatic nitrogens is 2. The maximum Gasteiger partial charge on any atom is 0.328 e. The van der Waals surface area contributed by atoms with E-state index >= 15 is 0 Å². The van der Waals surface area contributed by atoms with Crippen LogP contribution in [0.15, 0.2) is 70.4 Å². The van der Waals surface area contributed by atoms with Crippen molar-refractivity contribution in [1.82, 2.24) is 9.13 Å². The van der Waals surface area contributed by atoms with E-state index in [-0.39, 0.29) is 10.6 Å². The van der Waals surface area contributed by atoms with E-state index in [0.29, 0.717) is 16.9 Å². The van der Waals surface area contributed by atoms with Crippen molar-refractivity contribution < 1.29 is 13.2 Å². The number of anilines is 2. The topological polar surface area (TPSA) is 93.4 Å². The Kier molecular flexibility index (Phi) is 6.29. The number of carbonyl (C=O) groups excluding carboxylic acids is 1. The van der Waals surface area contributed by atoms with Gasteiger partial charge in [-0.05, 0) is 68.3 Å². The molecule has 182 valence electrons. The largest absolute Gasteiger partial charge is 0.328 e. The molecular weight excluding hydrogens is 464 g/mol. The highest BCUT2D eigenvalue weighted by Crippen LogP contribution is 2.28. The molecule has 1 aromatic heterocycles. The average Bonchev–Trinajstić information content (AvgIpc) is 3.03. The van der Waals surface area contributed by atoms with Crippen LogP contribution in [0, 0.1) is 20.8 Å². The van der Waals surface area contributed by atoms with Gasteiger partial charge in [0, 0.05) is 19.8 Å². The van der Waals surface area contributed by atoms with Gasteiger partial charge in [-0.15, -0.1) is 0 Å². The van der Waals surface area contributed by atoms with Gasteiger partial charge in [0.05, 0.1) is 21.6 Å². The van der Waals surface area contributed by atoms with Crippen molar-refractivity contribution >= 4 is 38.3 Å². The normalized spacial score (nSPS) is 11.6. The lowest BCUT2D eigenvalue weighted by atomic mass is 10.1. The lowest BCUT2D eigenvalue weighted by Gasteiger charge is -2.26. The molecule has 0 saturated carbocycles. The molecule has 4 aromatic rings. The van der Waals surface area contributed by atoms with E-state index in [1.165, 1.54) is 9.13 Å². The van der Waals surface area contributed by atoms with Crippen LogP contribution in [0.3, 0.4) is 0 Å². The van der Waals surface area contributed by atoms with Crippen LogP contribution >= 0.6 is 0 Å². The van der Waals surface area contributed by atoms with Crippen LogP contribution in [0.5, 0.6) is 0 Å². The minimum Gasteiger partial charge on any atom is -0.324 e. The molecule has 1 amide bonds. The minimum absolute atomic E-state index is 0.109. The quantitative estimate of drug-likeness (QED) is 0.445. The summed E-state index contributed by atoms with van der Waals surface area (Å²) in [6, 6.07) is 17.2. The molecule has 35 heavy (non-hydrogen) atoms. The number of nitrogens with one attached hydrogen (secondary N) is 1. The second-order valence-corrected chi connectivity index (χ2v) is 10.6. The Hall–Kier alpha value is -3.85. The summed E-state index contributed by atoms with van der Waals surface area (Å²) in [6.07, 6.45) is 0. The van der Waals surface area contributed by atoms with Crippen molar-refractivity contribution in [3.05, 3.63) is 87.8 Å². The number of benzene rings is 3. The summed E-state index contributed by atoms with van der Waals surface area (Å²) in [7, 11) is -0.677. The first kappa shape index (κ1) is 24.3. The molecule has 4 rings (SSSR count). The highest BCUT2D eigenvalue weighted by Gasteiger charge is 2.28. The Balaban J connectivity index is 1.70. The SMILES string of the molecule is Cc1ccc(S(=O)(=O)N(CC(=O)Nc2ccc3c(c2)n(C)c(=O)n3C)c2cc(C)ccc2C)cc1. The molecule has 0 radical (unpaired) electrons. The number of sulfonamides is 1. The van der Waals surface area contributed by atoms with Gasteiger partial charge in [0.2, 0.25) is 5.91 Å². The molecule has 0 aliphatic rings. The lowest BCUT2D eigenvalue weighted by Crippen LogP contribution is -2.38. The molecule has 8 nitrogen and oxygen atoms in total. The van der Waals surface area contributed by atoms with E-state index < -0.39 is 22.5 Å². The number of imidazole rings is 1. The first-order valence-corrected chi connectivity index (χ1v) is 12.5. The lowest BCUT2D eigenvalue weighted by molar-refractivity contribution is -0.114. The first-order valence-electron chi connectivity index (χ1n) is 11.1. The Morgan fingerprint density at radius 3 is 2.17 bits per heavy atom. The van der Waals surface area contributed by atoms with E-state index in [0.717, 1.165) is 26.5 Å². The Labute approximate surface area is 204 Å². The fourth-order valence-corrected chi connectivity index (χ4v) is 5.52. The Bertz CT molecular complexity index is 1600. The average molecular weight is 493 g/mol. The van der Waals surface area contributed by atoms with Crippen molar-refractivity contribution in [3.8, 4) is 0 Å². The van der Waals surface area contributed by atoms with Crippen LogP contribution in [0.1, 0.15) is 16.7 Å². The molecule has 0 fully saturated rings. The Morgan fingerprint density at radius 1 is 0.857 bits per heavy atom. The van der Waals surface area contributed by atoms with Gasteiger partial charge >= 0.3 is 5.69 Å². The zero-order valence-corrected chi connectivity index (χ0v) is 21.2. The van der Waals surface area contributed by atoms with Crippen LogP contribution in [-0.2, 0) is 28.9 Å². The number of rotatable bonds is 6. The summed E-state index contributed by atoms with van der Waals surface area (Å²) in [6.45, 7) is 5.16. The molecule has 0 aliphatic carbocycles. The highest BCUT2D eigenvalue weighted by atomic mass is 32.2. The Morgan fingerprint density at radius 2 is 1.49 bits per heavy atom. The number of aryl methyl sites for hydroxylation is 5. The van der Waals surface area contributed by atoms with Crippen molar-refractivity contribution in [2.75, 3.05) is 16.2 Å². The monoisotopic (exact) mass is 492 g/mol. The van der Waals surface area contributed by atoms with Crippen molar-refractivity contribution in [2.45, 2.75) is 25.7 Å². The number of fused-ring (bicyclic) bond motifs is 1. The molecule has 9 heteroatoms. The van der Waals surface area contributed by atoms with Gasteiger partial charge in [-0.2, -0.15) is 0 Å². The molecule has 0 aliphatic heterocycles.